The summed E-state index contributed by atoms with van der Waals surface area (Å²) < 4.78 is 10.9. The minimum absolute atomic E-state index is 0.0312. The molecule has 2 amide bonds. The normalized spacial score (nSPS) is 15.2. The number of likely N-dealkylation sites (N-methyl/N-ethyl adjacent to an activating group) is 1. The van der Waals surface area contributed by atoms with Crippen LogP contribution in [0, 0.1) is 0 Å². The molecule has 6 nitrogen and oxygen atoms in total. The van der Waals surface area contributed by atoms with Crippen LogP contribution in [0.25, 0.3) is 0 Å². The van der Waals surface area contributed by atoms with Gasteiger partial charge in [-0.25, -0.2) is 4.79 Å². The van der Waals surface area contributed by atoms with Crippen molar-refractivity contribution in [1.29, 1.82) is 0 Å². The third-order valence-corrected chi connectivity index (χ3v) is 4.32. The van der Waals surface area contributed by atoms with Crippen LogP contribution >= 0.6 is 0 Å². The quantitative estimate of drug-likeness (QED) is 0.828. The van der Waals surface area contributed by atoms with Crippen LogP contribution in [0.2, 0.25) is 0 Å². The molecule has 0 unspecified atom stereocenters. The predicted octanol–water partition coefficient (Wildman–Crippen LogP) is 1.98. The van der Waals surface area contributed by atoms with Crippen molar-refractivity contribution >= 4 is 6.03 Å². The Balaban J connectivity index is 1.78. The van der Waals surface area contributed by atoms with Crippen LogP contribution in [0.4, 0.5) is 4.79 Å². The Morgan fingerprint density at radius 3 is 2.54 bits per heavy atom. The van der Waals surface area contributed by atoms with Crippen LogP contribution in [-0.2, 0) is 6.42 Å². The summed E-state index contributed by atoms with van der Waals surface area (Å²) in [5, 5.41) is 3.01. The SMILES string of the molecule is CCOc1ccc(CCNC(=O)N2CCN(CC)CC2)cc1OC. The largest absolute Gasteiger partial charge is 0.493 e. The maximum atomic E-state index is 12.2. The van der Waals surface area contributed by atoms with E-state index in [1.54, 1.807) is 7.11 Å². The number of piperazine rings is 1. The first-order valence-electron chi connectivity index (χ1n) is 8.72. The summed E-state index contributed by atoms with van der Waals surface area (Å²) in [5.74, 6) is 1.48. The lowest BCUT2D eigenvalue weighted by Gasteiger charge is -2.34. The average molecular weight is 335 g/mol. The molecule has 0 aromatic heterocycles. The molecular weight excluding hydrogens is 306 g/mol. The van der Waals surface area contributed by atoms with Gasteiger partial charge in [-0.2, -0.15) is 0 Å². The number of hydrogen-bond acceptors (Lipinski definition) is 4. The summed E-state index contributed by atoms with van der Waals surface area (Å²) in [6, 6.07) is 5.93. The molecule has 6 heteroatoms. The zero-order valence-electron chi connectivity index (χ0n) is 15.0. The van der Waals surface area contributed by atoms with Crippen molar-refractivity contribution in [3.63, 3.8) is 0 Å². The fourth-order valence-electron chi connectivity index (χ4n) is 2.84. The molecule has 0 radical (unpaired) electrons. The average Bonchev–Trinajstić information content (AvgIpc) is 2.63. The highest BCUT2D eigenvalue weighted by Crippen LogP contribution is 2.28. The van der Waals surface area contributed by atoms with E-state index in [-0.39, 0.29) is 6.03 Å². The highest BCUT2D eigenvalue weighted by Gasteiger charge is 2.19. The van der Waals surface area contributed by atoms with E-state index in [2.05, 4.69) is 17.1 Å². The maximum Gasteiger partial charge on any atom is 0.317 e. The third-order valence-electron chi connectivity index (χ3n) is 4.32. The molecule has 0 spiro atoms. The molecular formula is C18H29N3O3. The minimum atomic E-state index is 0.0312. The molecule has 24 heavy (non-hydrogen) atoms. The smallest absolute Gasteiger partial charge is 0.317 e. The van der Waals surface area contributed by atoms with E-state index in [0.717, 1.165) is 56.2 Å². The van der Waals surface area contributed by atoms with E-state index in [0.29, 0.717) is 13.2 Å². The van der Waals surface area contributed by atoms with Crippen molar-refractivity contribution in [2.75, 3.05) is 53.0 Å². The molecule has 134 valence electrons. The number of nitrogens with zero attached hydrogens (tertiary/aromatic N) is 2. The van der Waals surface area contributed by atoms with Gasteiger partial charge in [-0.1, -0.05) is 13.0 Å². The van der Waals surface area contributed by atoms with Gasteiger partial charge in [0, 0.05) is 32.7 Å². The van der Waals surface area contributed by atoms with E-state index in [1.165, 1.54) is 0 Å². The fraction of sp³-hybridized carbons (Fsp3) is 0.611. The number of ether oxygens (including phenoxy) is 2. The van der Waals surface area contributed by atoms with Crippen molar-refractivity contribution < 1.29 is 14.3 Å². The summed E-state index contributed by atoms with van der Waals surface area (Å²) in [5.41, 5.74) is 1.12. The summed E-state index contributed by atoms with van der Waals surface area (Å²) in [4.78, 5) is 16.4. The van der Waals surface area contributed by atoms with Gasteiger partial charge in [0.25, 0.3) is 0 Å². The number of nitrogens with one attached hydrogen (secondary N) is 1. The van der Waals surface area contributed by atoms with E-state index in [9.17, 15) is 4.79 Å². The Morgan fingerprint density at radius 2 is 1.92 bits per heavy atom. The zero-order valence-corrected chi connectivity index (χ0v) is 15.0. The van der Waals surface area contributed by atoms with Crippen molar-refractivity contribution in [2.45, 2.75) is 20.3 Å². The molecule has 1 aliphatic heterocycles. The predicted molar refractivity (Wildman–Crippen MR) is 95.0 cm³/mol. The Kier molecular flexibility index (Phi) is 7.18. The second-order valence-corrected chi connectivity index (χ2v) is 5.82. The van der Waals surface area contributed by atoms with Gasteiger partial charge in [0.15, 0.2) is 11.5 Å². The highest BCUT2D eigenvalue weighted by atomic mass is 16.5. The molecule has 0 bridgehead atoms. The van der Waals surface area contributed by atoms with Gasteiger partial charge in [0.2, 0.25) is 0 Å². The van der Waals surface area contributed by atoms with Crippen molar-refractivity contribution in [2.24, 2.45) is 0 Å². The molecule has 2 rings (SSSR count). The molecule has 1 saturated heterocycles. The molecule has 0 saturated carbocycles. The molecule has 1 N–H and O–H groups in total. The van der Waals surface area contributed by atoms with E-state index in [1.807, 2.05) is 30.0 Å². The minimum Gasteiger partial charge on any atom is -0.493 e. The first kappa shape index (κ1) is 18.4. The van der Waals surface area contributed by atoms with Crippen LogP contribution in [0.3, 0.4) is 0 Å². The number of amides is 2. The van der Waals surface area contributed by atoms with E-state index in [4.69, 9.17) is 9.47 Å². The summed E-state index contributed by atoms with van der Waals surface area (Å²) in [6.45, 7) is 9.90. The van der Waals surface area contributed by atoms with Gasteiger partial charge < -0.3 is 24.6 Å². The van der Waals surface area contributed by atoms with Gasteiger partial charge in [-0.05, 0) is 37.6 Å². The Labute approximate surface area is 144 Å². The lowest BCUT2D eigenvalue weighted by molar-refractivity contribution is 0.143. The molecule has 0 atom stereocenters. The van der Waals surface area contributed by atoms with Gasteiger partial charge in [-0.3, -0.25) is 0 Å². The number of hydrogen-bond donors (Lipinski definition) is 1. The van der Waals surface area contributed by atoms with E-state index < -0.39 is 0 Å². The van der Waals surface area contributed by atoms with Gasteiger partial charge in [0.05, 0.1) is 13.7 Å². The number of urea groups is 1. The zero-order chi connectivity index (χ0) is 17.4. The second kappa shape index (κ2) is 9.37. The maximum absolute atomic E-state index is 12.2. The monoisotopic (exact) mass is 335 g/mol. The lowest BCUT2D eigenvalue weighted by Crippen LogP contribution is -2.51. The molecule has 1 heterocycles. The fourth-order valence-corrected chi connectivity index (χ4v) is 2.84. The number of carbonyl (C=O) groups excluding carboxylic acids is 1. The van der Waals surface area contributed by atoms with Crippen molar-refractivity contribution in [3.05, 3.63) is 23.8 Å². The number of benzene rings is 1. The highest BCUT2D eigenvalue weighted by molar-refractivity contribution is 5.74. The number of rotatable bonds is 7. The molecule has 1 aliphatic rings. The summed E-state index contributed by atoms with van der Waals surface area (Å²) in [6.07, 6.45) is 0.767. The number of carbonyl (C=O) groups is 1. The first-order chi connectivity index (χ1) is 11.7. The number of methoxy groups -OCH3 is 1. The standard InChI is InChI=1S/C18H29N3O3/c1-4-20-10-12-21(13-11-20)18(22)19-9-8-15-6-7-16(24-5-2)17(14-15)23-3/h6-7,14H,4-5,8-13H2,1-3H3,(H,19,22). The van der Waals surface area contributed by atoms with Gasteiger partial charge in [0.1, 0.15) is 0 Å². The van der Waals surface area contributed by atoms with Gasteiger partial charge >= 0.3 is 6.03 Å². The van der Waals surface area contributed by atoms with Crippen LogP contribution < -0.4 is 14.8 Å². The molecule has 1 fully saturated rings. The third kappa shape index (κ3) is 5.03. The summed E-state index contributed by atoms with van der Waals surface area (Å²) >= 11 is 0. The second-order valence-electron chi connectivity index (χ2n) is 5.82. The van der Waals surface area contributed by atoms with Crippen LogP contribution in [-0.4, -0.2) is 68.8 Å². The Hall–Kier alpha value is -1.95. The summed E-state index contributed by atoms with van der Waals surface area (Å²) in [7, 11) is 1.64. The van der Waals surface area contributed by atoms with Crippen LogP contribution in [0.15, 0.2) is 18.2 Å². The Morgan fingerprint density at radius 1 is 1.17 bits per heavy atom. The van der Waals surface area contributed by atoms with Crippen LogP contribution in [0.1, 0.15) is 19.4 Å². The van der Waals surface area contributed by atoms with Crippen molar-refractivity contribution in [3.8, 4) is 11.5 Å². The lowest BCUT2D eigenvalue weighted by atomic mass is 10.1. The topological polar surface area (TPSA) is 54.0 Å². The molecule has 1 aromatic carbocycles. The molecule has 0 aliphatic carbocycles. The first-order valence-corrected chi connectivity index (χ1v) is 8.72. The molecule has 1 aromatic rings. The van der Waals surface area contributed by atoms with E-state index >= 15 is 0 Å². The Bertz CT molecular complexity index is 528. The van der Waals surface area contributed by atoms with Crippen LogP contribution in [0.5, 0.6) is 11.5 Å². The van der Waals surface area contributed by atoms with Gasteiger partial charge in [-0.15, -0.1) is 0 Å². The van der Waals surface area contributed by atoms with Crippen molar-refractivity contribution in [1.82, 2.24) is 15.1 Å².